The first-order valence-electron chi connectivity index (χ1n) is 18.5. The summed E-state index contributed by atoms with van der Waals surface area (Å²) in [5.74, 6) is 0. The minimum Gasteiger partial charge on any atom is -0.657 e. The topological polar surface area (TPSA) is 106 Å². The predicted molar refractivity (Wildman–Crippen MR) is 224 cm³/mol. The van der Waals surface area contributed by atoms with E-state index in [2.05, 4.69) is 97.1 Å². The Morgan fingerprint density at radius 2 is 0.544 bits per heavy atom. The van der Waals surface area contributed by atoms with Gasteiger partial charge in [-0.15, -0.1) is 22.1 Å². The van der Waals surface area contributed by atoms with E-state index < -0.39 is 0 Å². The summed E-state index contributed by atoms with van der Waals surface area (Å²) in [6.07, 6.45) is 7.31. The van der Waals surface area contributed by atoms with E-state index in [0.717, 1.165) is 132 Å². The van der Waals surface area contributed by atoms with Gasteiger partial charge in [0.25, 0.3) is 0 Å². The minimum absolute atomic E-state index is 0. The predicted octanol–water partition coefficient (Wildman–Crippen LogP) is 10.7. The van der Waals surface area contributed by atoms with Crippen LogP contribution in [0.3, 0.4) is 0 Å². The molecule has 4 aromatic carbocycles. The molecule has 2 aliphatic heterocycles. The summed E-state index contributed by atoms with van der Waals surface area (Å²) >= 11 is 0. The van der Waals surface area contributed by atoms with E-state index in [9.17, 15) is 0 Å². The van der Waals surface area contributed by atoms with E-state index in [1.165, 1.54) is 0 Å². The zero-order valence-electron chi connectivity index (χ0n) is 29.8. The average Bonchev–Trinajstić information content (AvgIpc) is 4.00. The number of hydrogen-bond donors (Lipinski definition) is 0. The van der Waals surface area contributed by atoms with Crippen molar-refractivity contribution in [3.8, 4) is 45.0 Å². The molecule has 13 rings (SSSR count). The Morgan fingerprint density at radius 1 is 0.298 bits per heavy atom. The van der Waals surface area contributed by atoms with Crippen LogP contribution in [0.4, 0.5) is 0 Å². The number of hydrogen-bond acceptors (Lipinski definition) is 6. The summed E-state index contributed by atoms with van der Waals surface area (Å²) in [6, 6.07) is 41.6. The van der Waals surface area contributed by atoms with E-state index in [4.69, 9.17) is 39.9 Å². The zero-order chi connectivity index (χ0) is 36.5. The Morgan fingerprint density at radius 3 is 0.807 bits per heavy atom. The molecule has 0 fully saturated rings. The van der Waals surface area contributed by atoms with Gasteiger partial charge in [-0.1, -0.05) is 72.8 Å². The summed E-state index contributed by atoms with van der Waals surface area (Å²) in [5.41, 5.74) is 14.0. The van der Waals surface area contributed by atoms with Crippen LogP contribution in [0.25, 0.3) is 132 Å². The van der Waals surface area contributed by atoms with Crippen LogP contribution in [0.1, 0.15) is 0 Å². The van der Waals surface area contributed by atoms with Gasteiger partial charge in [0.15, 0.2) is 0 Å². The van der Waals surface area contributed by atoms with Crippen molar-refractivity contribution in [1.82, 2.24) is 39.9 Å². The Bertz CT molecular complexity index is 3260. The van der Waals surface area contributed by atoms with Gasteiger partial charge in [0.05, 0.1) is 44.8 Å². The third kappa shape index (κ3) is 4.47. The second-order valence-corrected chi connectivity index (χ2v) is 14.3. The third-order valence-electron chi connectivity index (χ3n) is 11.3. The first-order chi connectivity index (χ1) is 27.8. The van der Waals surface area contributed by atoms with Gasteiger partial charge < -0.3 is 9.97 Å². The molecule has 57 heavy (non-hydrogen) atoms. The standard InChI is InChI=1S/C48H24N8.Pt/c1-2-10-26-25(9-1)33-21-37-41-29-13-5-17-49-45(29)47-31(15-7-19-51-47)43(41)39(55-37)23-35-27-11-3-4-12-28(27)36(54-35)24-40-44-32-16-8-20-52-48(32)46-30(14-6-18-50-46)42(44)38(56-40)22-34(26)53-33;/h1-24H;/q-2;+2. The van der Waals surface area contributed by atoms with E-state index in [1.807, 2.05) is 49.1 Å². The van der Waals surface area contributed by atoms with Crippen LogP contribution in [0.5, 0.6) is 0 Å². The van der Waals surface area contributed by atoms with Crippen molar-refractivity contribution < 1.29 is 21.1 Å². The molecule has 0 atom stereocenters. The molecule has 0 saturated heterocycles. The summed E-state index contributed by atoms with van der Waals surface area (Å²) < 4.78 is 0. The molecule has 8 bridgehead atoms. The van der Waals surface area contributed by atoms with Gasteiger partial charge in [-0.3, -0.25) is 19.9 Å². The van der Waals surface area contributed by atoms with Gasteiger partial charge in [-0.25, -0.2) is 9.97 Å². The second kappa shape index (κ2) is 11.9. The Hall–Kier alpha value is -7.15. The molecule has 11 aromatic rings. The maximum absolute atomic E-state index is 5.43. The van der Waals surface area contributed by atoms with Gasteiger partial charge in [-0.05, 0) is 70.1 Å². The fourth-order valence-electron chi connectivity index (χ4n) is 9.00. The molecular weight excluding hydrogens is 884 g/mol. The smallest absolute Gasteiger partial charge is 0.657 e. The molecule has 7 aromatic heterocycles. The van der Waals surface area contributed by atoms with E-state index in [0.29, 0.717) is 0 Å². The Labute approximate surface area is 337 Å². The maximum Gasteiger partial charge on any atom is 2.00 e. The molecule has 2 aliphatic rings. The van der Waals surface area contributed by atoms with Crippen LogP contribution < -0.4 is 9.97 Å². The number of benzene rings is 4. The van der Waals surface area contributed by atoms with Crippen molar-refractivity contribution >= 4 is 87.2 Å². The third-order valence-corrected chi connectivity index (χ3v) is 11.3. The van der Waals surface area contributed by atoms with Crippen molar-refractivity contribution in [2.24, 2.45) is 0 Å². The van der Waals surface area contributed by atoms with E-state index in [1.54, 1.807) is 0 Å². The molecule has 0 unspecified atom stereocenters. The molecule has 266 valence electrons. The van der Waals surface area contributed by atoms with Crippen molar-refractivity contribution in [3.05, 3.63) is 146 Å². The Balaban J connectivity index is 0.00000356. The first kappa shape index (κ1) is 32.1. The fraction of sp³-hybridized carbons (Fsp3) is 0. The SMILES string of the molecule is [Pt+2].c1cnc2c(c1)c1c(c3cccnc32)-c2cc3[n-]c(cc4nc(cc5[n-]c(cc-1n2)c1ccccc51)-c1c-4c2cccnc2c2ncccc12)c1ccccc31. The van der Waals surface area contributed by atoms with Crippen LogP contribution in [0.15, 0.2) is 146 Å². The van der Waals surface area contributed by atoms with Crippen LogP contribution in [0, 0.1) is 0 Å². The van der Waals surface area contributed by atoms with Crippen LogP contribution in [-0.4, -0.2) is 29.9 Å². The molecule has 8 nitrogen and oxygen atoms in total. The van der Waals surface area contributed by atoms with Crippen molar-refractivity contribution in [2.45, 2.75) is 0 Å². The van der Waals surface area contributed by atoms with Crippen LogP contribution in [0.2, 0.25) is 0 Å². The van der Waals surface area contributed by atoms with Crippen molar-refractivity contribution in [1.29, 1.82) is 0 Å². The summed E-state index contributed by atoms with van der Waals surface area (Å²) in [7, 11) is 0. The normalized spacial score (nSPS) is 12.1. The van der Waals surface area contributed by atoms with E-state index in [-0.39, 0.29) is 21.1 Å². The average molecular weight is 908 g/mol. The molecular formula is C48H24N8Pt. The van der Waals surface area contributed by atoms with Gasteiger partial charge in [0.2, 0.25) is 0 Å². The molecule has 0 radical (unpaired) electrons. The molecule has 0 spiro atoms. The molecule has 0 amide bonds. The molecule has 0 aliphatic carbocycles. The quantitative estimate of drug-likeness (QED) is 0.139. The number of aromatic nitrogens is 8. The van der Waals surface area contributed by atoms with Crippen molar-refractivity contribution in [3.63, 3.8) is 0 Å². The number of rotatable bonds is 0. The fourth-order valence-corrected chi connectivity index (χ4v) is 9.00. The zero-order valence-corrected chi connectivity index (χ0v) is 32.0. The number of pyridine rings is 4. The van der Waals surface area contributed by atoms with Crippen LogP contribution in [-0.2, 0) is 21.1 Å². The minimum atomic E-state index is 0. The van der Waals surface area contributed by atoms with Gasteiger partial charge in [0, 0.05) is 68.6 Å². The first-order valence-corrected chi connectivity index (χ1v) is 18.5. The summed E-state index contributed by atoms with van der Waals surface area (Å²) in [4.78, 5) is 41.0. The van der Waals surface area contributed by atoms with Crippen LogP contribution >= 0.6 is 0 Å². The second-order valence-electron chi connectivity index (χ2n) is 14.3. The Kier molecular flexibility index (Phi) is 6.72. The van der Waals surface area contributed by atoms with Crippen molar-refractivity contribution in [2.75, 3.05) is 0 Å². The molecule has 0 N–H and O–H groups in total. The molecule has 9 heterocycles. The largest absolute Gasteiger partial charge is 2.00 e. The number of nitrogens with zero attached hydrogens (tertiary/aromatic N) is 8. The monoisotopic (exact) mass is 907 g/mol. The maximum atomic E-state index is 5.43. The van der Waals surface area contributed by atoms with Gasteiger partial charge in [0.1, 0.15) is 0 Å². The number of fused-ring (bicyclic) bond motifs is 30. The van der Waals surface area contributed by atoms with Gasteiger partial charge in [-0.2, -0.15) is 0 Å². The summed E-state index contributed by atoms with van der Waals surface area (Å²) in [6.45, 7) is 0. The summed E-state index contributed by atoms with van der Waals surface area (Å²) in [5, 5.41) is 8.09. The van der Waals surface area contributed by atoms with E-state index >= 15 is 0 Å². The molecule has 9 heteroatoms. The van der Waals surface area contributed by atoms with Gasteiger partial charge >= 0.3 is 21.1 Å². The molecule has 0 saturated carbocycles.